The Hall–Kier alpha value is -2.02. The second kappa shape index (κ2) is 6.84. The van der Waals surface area contributed by atoms with E-state index in [1.54, 1.807) is 0 Å². The fourth-order valence-corrected chi connectivity index (χ4v) is 3.61. The average molecular weight is 337 g/mol. The van der Waals surface area contributed by atoms with Crippen molar-refractivity contribution in [2.75, 3.05) is 31.6 Å². The molecule has 0 bridgehead atoms. The number of nitrogens with one attached hydrogen (secondary N) is 1. The van der Waals surface area contributed by atoms with E-state index in [4.69, 9.17) is 0 Å². The molecule has 3 rings (SSSR count). The molecular weight excluding hydrogens is 316 g/mol. The molecule has 0 unspecified atom stereocenters. The van der Waals surface area contributed by atoms with Crippen LogP contribution in [0.1, 0.15) is 19.3 Å². The number of amides is 2. The van der Waals surface area contributed by atoms with E-state index < -0.39 is 17.6 Å². The smallest absolute Gasteiger partial charge is 0.228 e. The van der Waals surface area contributed by atoms with Crippen molar-refractivity contribution >= 4 is 17.5 Å². The summed E-state index contributed by atoms with van der Waals surface area (Å²) in [5.41, 5.74) is 0.0323. The molecule has 0 spiro atoms. The van der Waals surface area contributed by atoms with Gasteiger partial charge in [-0.15, -0.1) is 0 Å². The van der Waals surface area contributed by atoms with Gasteiger partial charge in [-0.25, -0.2) is 8.78 Å². The molecule has 2 heterocycles. The molecule has 2 aliphatic heterocycles. The first-order valence-electron chi connectivity index (χ1n) is 8.21. The summed E-state index contributed by atoms with van der Waals surface area (Å²) in [6.45, 7) is 1.56. The number of hydrogen-bond donors (Lipinski definition) is 1. The fraction of sp³-hybridized carbons (Fsp3) is 0.529. The normalized spacial score (nSPS) is 24.0. The number of nitrogens with zero attached hydrogens (tertiary/aromatic N) is 2. The molecule has 1 aromatic carbocycles. The highest BCUT2D eigenvalue weighted by Gasteiger charge is 2.40. The molecule has 130 valence electrons. The molecule has 0 aromatic heterocycles. The number of carbonyl (C=O) groups is 2. The van der Waals surface area contributed by atoms with Crippen molar-refractivity contribution < 1.29 is 18.4 Å². The summed E-state index contributed by atoms with van der Waals surface area (Å²) in [5, 5.41) is 3.08. The van der Waals surface area contributed by atoms with Crippen LogP contribution in [0, 0.1) is 17.6 Å². The van der Waals surface area contributed by atoms with Gasteiger partial charge < -0.3 is 15.1 Å². The molecule has 1 N–H and O–H groups in total. The number of halogens is 2. The number of likely N-dealkylation sites (tertiary alicyclic amines) is 1. The third-order valence-corrected chi connectivity index (χ3v) is 4.77. The monoisotopic (exact) mass is 337 g/mol. The van der Waals surface area contributed by atoms with E-state index in [9.17, 15) is 18.4 Å². The van der Waals surface area contributed by atoms with Crippen LogP contribution >= 0.6 is 0 Å². The molecule has 0 radical (unpaired) electrons. The van der Waals surface area contributed by atoms with Crippen LogP contribution in [0.4, 0.5) is 14.5 Å². The summed E-state index contributed by atoms with van der Waals surface area (Å²) in [5.74, 6) is -2.30. The van der Waals surface area contributed by atoms with Gasteiger partial charge in [-0.3, -0.25) is 9.59 Å². The minimum absolute atomic E-state index is 0.0323. The maximum atomic E-state index is 13.9. The van der Waals surface area contributed by atoms with Crippen LogP contribution in [0.25, 0.3) is 0 Å². The highest BCUT2D eigenvalue weighted by atomic mass is 19.1. The van der Waals surface area contributed by atoms with E-state index in [0.29, 0.717) is 6.54 Å². The largest absolute Gasteiger partial charge is 0.338 e. The van der Waals surface area contributed by atoms with Crippen LogP contribution in [0.15, 0.2) is 18.2 Å². The van der Waals surface area contributed by atoms with Gasteiger partial charge in [-0.2, -0.15) is 0 Å². The molecule has 2 amide bonds. The molecule has 5 nitrogen and oxygen atoms in total. The summed E-state index contributed by atoms with van der Waals surface area (Å²) in [6, 6.07) is 3.26. The van der Waals surface area contributed by atoms with Gasteiger partial charge in [-0.1, -0.05) is 0 Å². The van der Waals surface area contributed by atoms with E-state index in [-0.39, 0.29) is 36.5 Å². The number of benzene rings is 1. The maximum Gasteiger partial charge on any atom is 0.228 e. The Labute approximate surface area is 139 Å². The summed E-state index contributed by atoms with van der Waals surface area (Å²) in [7, 11) is 1.85. The van der Waals surface area contributed by atoms with Gasteiger partial charge in [0, 0.05) is 38.2 Å². The van der Waals surface area contributed by atoms with Crippen molar-refractivity contribution in [3.63, 3.8) is 0 Å². The lowest BCUT2D eigenvalue weighted by atomic mass is 10.1. The van der Waals surface area contributed by atoms with Crippen LogP contribution in [0.2, 0.25) is 0 Å². The molecule has 2 saturated heterocycles. The molecule has 2 atom stereocenters. The molecule has 2 fully saturated rings. The number of hydrogen-bond acceptors (Lipinski definition) is 3. The molecule has 0 aliphatic carbocycles. The van der Waals surface area contributed by atoms with Gasteiger partial charge in [-0.05, 0) is 32.0 Å². The van der Waals surface area contributed by atoms with Crippen LogP contribution in [-0.2, 0) is 9.59 Å². The van der Waals surface area contributed by atoms with Crippen molar-refractivity contribution in [2.24, 2.45) is 5.92 Å². The predicted octanol–water partition coefficient (Wildman–Crippen LogP) is 1.53. The Morgan fingerprint density at radius 1 is 1.38 bits per heavy atom. The van der Waals surface area contributed by atoms with Crippen molar-refractivity contribution in [1.29, 1.82) is 0 Å². The van der Waals surface area contributed by atoms with Gasteiger partial charge in [0.25, 0.3) is 0 Å². The maximum absolute atomic E-state index is 13.9. The molecule has 24 heavy (non-hydrogen) atoms. The zero-order valence-corrected chi connectivity index (χ0v) is 13.6. The third kappa shape index (κ3) is 3.13. The second-order valence-corrected chi connectivity index (χ2v) is 6.39. The lowest BCUT2D eigenvalue weighted by molar-refractivity contribution is -0.136. The number of carbonyl (C=O) groups excluding carboxylic acids is 2. The van der Waals surface area contributed by atoms with Crippen molar-refractivity contribution in [2.45, 2.75) is 25.3 Å². The van der Waals surface area contributed by atoms with Gasteiger partial charge >= 0.3 is 0 Å². The summed E-state index contributed by atoms with van der Waals surface area (Å²) < 4.78 is 27.0. The third-order valence-electron chi connectivity index (χ3n) is 4.77. The first-order valence-corrected chi connectivity index (χ1v) is 8.21. The van der Waals surface area contributed by atoms with Crippen LogP contribution in [0.5, 0.6) is 0 Å². The van der Waals surface area contributed by atoms with Crippen molar-refractivity contribution in [3.8, 4) is 0 Å². The molecule has 1 aromatic rings. The zero-order chi connectivity index (χ0) is 17.3. The number of rotatable bonds is 4. The number of anilines is 1. The summed E-state index contributed by atoms with van der Waals surface area (Å²) in [4.78, 5) is 28.1. The quantitative estimate of drug-likeness (QED) is 0.907. The highest BCUT2D eigenvalue weighted by molar-refractivity contribution is 6.00. The lowest BCUT2D eigenvalue weighted by Crippen LogP contribution is -2.44. The molecule has 0 saturated carbocycles. The molecule has 7 heteroatoms. The first-order chi connectivity index (χ1) is 11.5. The lowest BCUT2D eigenvalue weighted by Gasteiger charge is -2.27. The summed E-state index contributed by atoms with van der Waals surface area (Å²) >= 11 is 0. The number of likely N-dealkylation sites (N-methyl/N-ethyl adjacent to an activating group) is 1. The Balaban J connectivity index is 1.73. The minimum Gasteiger partial charge on any atom is -0.338 e. The van der Waals surface area contributed by atoms with Crippen LogP contribution in [-0.4, -0.2) is 49.4 Å². The van der Waals surface area contributed by atoms with Crippen molar-refractivity contribution in [3.05, 3.63) is 29.8 Å². The Kier molecular flexibility index (Phi) is 4.80. The predicted molar refractivity (Wildman–Crippen MR) is 85.5 cm³/mol. The minimum atomic E-state index is -0.786. The van der Waals surface area contributed by atoms with Crippen LogP contribution < -0.4 is 10.2 Å². The second-order valence-electron chi connectivity index (χ2n) is 6.39. The van der Waals surface area contributed by atoms with Gasteiger partial charge in [0.1, 0.15) is 11.6 Å². The highest BCUT2D eigenvalue weighted by Crippen LogP contribution is 2.30. The summed E-state index contributed by atoms with van der Waals surface area (Å²) in [6.07, 6.45) is 1.97. The Morgan fingerprint density at radius 3 is 2.88 bits per heavy atom. The van der Waals surface area contributed by atoms with Crippen molar-refractivity contribution in [1.82, 2.24) is 10.2 Å². The van der Waals surface area contributed by atoms with E-state index in [1.165, 1.54) is 11.0 Å². The zero-order valence-electron chi connectivity index (χ0n) is 13.6. The SMILES string of the molecule is CNC[C@@H]1CCCN1C(=O)[C@@H]1CC(=O)N(c2ccc(F)cc2F)C1. The fourth-order valence-electron chi connectivity index (χ4n) is 3.61. The Morgan fingerprint density at radius 2 is 2.17 bits per heavy atom. The van der Waals surface area contributed by atoms with Gasteiger partial charge in [0.2, 0.25) is 11.8 Å². The molecule has 2 aliphatic rings. The topological polar surface area (TPSA) is 52.7 Å². The Bertz CT molecular complexity index is 653. The first kappa shape index (κ1) is 16.8. The van der Waals surface area contributed by atoms with Crippen LogP contribution in [0.3, 0.4) is 0 Å². The van der Waals surface area contributed by atoms with Gasteiger partial charge in [0.15, 0.2) is 0 Å². The average Bonchev–Trinajstić information content (AvgIpc) is 3.14. The van der Waals surface area contributed by atoms with Gasteiger partial charge in [0.05, 0.1) is 11.6 Å². The van der Waals surface area contributed by atoms with E-state index in [0.717, 1.165) is 31.5 Å². The van der Waals surface area contributed by atoms with E-state index in [2.05, 4.69) is 5.32 Å². The van der Waals surface area contributed by atoms with E-state index in [1.807, 2.05) is 11.9 Å². The molecular formula is C17H21F2N3O2. The van der Waals surface area contributed by atoms with E-state index >= 15 is 0 Å². The standard InChI is InChI=1S/C17H21F2N3O2/c1-20-9-13-3-2-6-21(13)17(24)11-7-16(23)22(10-11)15-5-4-12(18)8-14(15)19/h4-5,8,11,13,20H,2-3,6-7,9-10H2,1H3/t11-,13+/m1/s1.